The summed E-state index contributed by atoms with van der Waals surface area (Å²) < 4.78 is 21.6. The summed E-state index contributed by atoms with van der Waals surface area (Å²) in [5, 5.41) is 11.0. The van der Waals surface area contributed by atoms with Crippen molar-refractivity contribution in [2.45, 2.75) is 220 Å². The first-order valence-electron chi connectivity index (χ1n) is 28.1. The van der Waals surface area contributed by atoms with Crippen LogP contribution in [0.5, 0.6) is 0 Å². The summed E-state index contributed by atoms with van der Waals surface area (Å²) in [7, 11) is 0. The highest BCUT2D eigenvalue weighted by Crippen LogP contribution is 2.07. The van der Waals surface area contributed by atoms with Gasteiger partial charge in [0.2, 0.25) is 18.2 Å². The average molecular weight is 1110 g/mol. The van der Waals surface area contributed by atoms with E-state index < -0.39 is 52.3 Å². The van der Waals surface area contributed by atoms with Crippen molar-refractivity contribution >= 4 is 30.3 Å². The Balaban J connectivity index is 0.000000803. The third kappa shape index (κ3) is 30.5. The third-order valence-electron chi connectivity index (χ3n) is 12.6. The van der Waals surface area contributed by atoms with Crippen molar-refractivity contribution in [3.63, 3.8) is 0 Å². The summed E-state index contributed by atoms with van der Waals surface area (Å²) in [4.78, 5) is 142. The maximum Gasteiger partial charge on any atom is 0.407 e. The Morgan fingerprint density at radius 3 is 1.15 bits per heavy atom. The van der Waals surface area contributed by atoms with Gasteiger partial charge in [-0.05, 0) is 84.0 Å². The van der Waals surface area contributed by atoms with Gasteiger partial charge < -0.3 is 19.5 Å². The van der Waals surface area contributed by atoms with Gasteiger partial charge in [-0.25, -0.2) is 95.1 Å². The number of unbranched alkanes of at least 4 members (excludes halogenated alkanes) is 19. The van der Waals surface area contributed by atoms with Crippen molar-refractivity contribution < 1.29 is 38.2 Å². The first-order chi connectivity index (χ1) is 38.3. The molecule has 1 amide bonds. The number of nitriles is 1. The van der Waals surface area contributed by atoms with Crippen LogP contribution < -0.4 is 39.5 Å². The molecule has 0 aliphatic carbocycles. The van der Waals surface area contributed by atoms with Crippen LogP contribution in [0.2, 0.25) is 0 Å². The van der Waals surface area contributed by atoms with E-state index in [0.717, 1.165) is 129 Å². The van der Waals surface area contributed by atoms with E-state index in [4.69, 9.17) is 14.7 Å². The van der Waals surface area contributed by atoms with Gasteiger partial charge >= 0.3 is 46.2 Å². The number of rotatable bonds is 45. The number of carbonyl (C=O) groups is 2. The Labute approximate surface area is 461 Å². The number of alkyl carbamates (subject to hydrolysis) is 1. The molecule has 1 atom stereocenters. The Morgan fingerprint density at radius 2 is 0.835 bits per heavy atom. The molecule has 0 aliphatic heterocycles. The summed E-state index contributed by atoms with van der Waals surface area (Å²) in [6, 6.07) is 0. The fraction of sp³-hybridized carbons (Fsp3) is 0.741. The number of aromatic nitrogens is 6. The maximum atomic E-state index is 13.2. The van der Waals surface area contributed by atoms with Gasteiger partial charge in [0.15, 0.2) is 0 Å². The first kappa shape index (κ1) is 69.7. The number of amides is 1. The number of carbonyl (C=O) groups excluding carboxylic acids is 5. The predicted molar refractivity (Wildman–Crippen MR) is 295 cm³/mol. The zero-order valence-electron chi connectivity index (χ0n) is 46.7. The van der Waals surface area contributed by atoms with Crippen molar-refractivity contribution in [1.82, 2.24) is 32.7 Å². The van der Waals surface area contributed by atoms with Crippen LogP contribution in [-0.4, -0.2) is 103 Å². The highest BCUT2D eigenvalue weighted by atomic mass is 16.6. The van der Waals surface area contributed by atoms with Gasteiger partial charge in [0.25, 0.3) is 6.26 Å². The Kier molecular flexibility index (Phi) is 40.4. The zero-order valence-corrected chi connectivity index (χ0v) is 46.7. The number of hydrogen-bond acceptors (Lipinski definition) is 18. The van der Waals surface area contributed by atoms with E-state index in [1.165, 1.54) is 31.9 Å². The van der Waals surface area contributed by atoms with Crippen molar-refractivity contribution in [2.24, 2.45) is 15.0 Å². The lowest BCUT2D eigenvalue weighted by molar-refractivity contribution is -0.140. The van der Waals surface area contributed by atoms with Crippen LogP contribution in [-0.2, 0) is 72.7 Å². The number of nitrogens with one attached hydrogen (secondary N) is 1. The Morgan fingerprint density at radius 1 is 0.519 bits per heavy atom. The minimum absolute atomic E-state index is 0.0659. The van der Waals surface area contributed by atoms with Gasteiger partial charge in [-0.3, -0.25) is 0 Å². The van der Waals surface area contributed by atoms with E-state index in [0.29, 0.717) is 84.2 Å². The molecule has 1 unspecified atom stereocenters. The van der Waals surface area contributed by atoms with Crippen LogP contribution in [0, 0.1) is 11.5 Å². The lowest BCUT2D eigenvalue weighted by Crippen LogP contribution is -2.54. The number of esters is 1. The first-order valence-corrected chi connectivity index (χ1v) is 28.1. The lowest BCUT2D eigenvalue weighted by Gasteiger charge is -2.14. The van der Waals surface area contributed by atoms with Crippen molar-refractivity contribution in [1.29, 1.82) is 5.26 Å². The fourth-order valence-electron chi connectivity index (χ4n) is 8.27. The van der Waals surface area contributed by atoms with E-state index in [9.17, 15) is 52.7 Å². The van der Waals surface area contributed by atoms with Gasteiger partial charge in [-0.1, -0.05) is 97.0 Å². The quantitative estimate of drug-likeness (QED) is 0.0215. The molecule has 2 aromatic rings. The molecule has 79 heavy (non-hydrogen) atoms. The Bertz CT molecular complexity index is 2590. The largest absolute Gasteiger partial charge is 0.459 e. The molecule has 0 aromatic carbocycles. The fourth-order valence-corrected chi connectivity index (χ4v) is 8.27. The van der Waals surface area contributed by atoms with Crippen LogP contribution >= 0.6 is 0 Å². The van der Waals surface area contributed by atoms with Crippen LogP contribution in [0.3, 0.4) is 0 Å². The van der Waals surface area contributed by atoms with Gasteiger partial charge in [0, 0.05) is 51.9 Å². The molecule has 0 spiro atoms. The van der Waals surface area contributed by atoms with Crippen molar-refractivity contribution in [3.8, 4) is 6.26 Å². The summed E-state index contributed by atoms with van der Waals surface area (Å²) in [6.45, 7) is 10.3. The van der Waals surface area contributed by atoms with Crippen LogP contribution in [0.25, 0.3) is 0 Å². The maximum absolute atomic E-state index is 13.2. The van der Waals surface area contributed by atoms with Crippen molar-refractivity contribution in [3.05, 3.63) is 75.6 Å². The van der Waals surface area contributed by atoms with E-state index in [2.05, 4.69) is 38.5 Å². The topological polar surface area (TPSA) is 318 Å². The molecular weight excluding hydrogens is 1030 g/mol. The third-order valence-corrected chi connectivity index (χ3v) is 12.6. The van der Waals surface area contributed by atoms with E-state index in [1.807, 2.05) is 0 Å². The number of nitrogens with zero attached hydrogens (tertiary/aromatic N) is 10. The smallest absolute Gasteiger partial charge is 0.407 e. The zero-order chi connectivity index (χ0) is 58.3. The molecule has 25 nitrogen and oxygen atoms in total. The molecule has 1 N–H and O–H groups in total. The molecule has 25 heteroatoms. The second kappa shape index (κ2) is 45.7. The summed E-state index contributed by atoms with van der Waals surface area (Å²) >= 11 is 0. The van der Waals surface area contributed by atoms with Crippen molar-refractivity contribution in [2.75, 3.05) is 39.4 Å². The minimum atomic E-state index is -0.610. The van der Waals surface area contributed by atoms with Gasteiger partial charge in [0.05, 0.1) is 19.6 Å². The molecule has 2 heterocycles. The molecule has 440 valence electrons. The minimum Gasteiger partial charge on any atom is -0.459 e. The predicted octanol–water partition coefficient (Wildman–Crippen LogP) is 5.46. The second-order valence-corrected chi connectivity index (χ2v) is 18.9. The average Bonchev–Trinajstić information content (AvgIpc) is 3.46. The molecule has 0 aliphatic rings. The molecule has 0 saturated heterocycles. The van der Waals surface area contributed by atoms with Crippen LogP contribution in [0.4, 0.5) is 4.79 Å². The molecule has 0 saturated carbocycles. The van der Waals surface area contributed by atoms with Gasteiger partial charge in [-0.2, -0.15) is 5.26 Å². The number of ether oxygens (including phenoxy) is 3. The molecule has 0 radical (unpaired) electrons. The standard InChI is InChI=1S/C30H49N5O8.C24H36N6O6/c1-4-6-7-10-15-20-33-28(39)34(21-16-11-8-13-18-31-24-36)30(41)35(29(33)40)22-17-12-9-14-19-32-27(38)43-25(3)23-42-26(37)5-2;25-19-36-18-12-6-5-11-17-30-23(34)28(15-9-3-1-7-13-26-20-31)22(33)29(24(30)35)16-10-4-2-8-14-27-21-32/h5,25H,2,4,6-23H2,1,3H3,(H,32,38);1-18H2. The molecule has 0 fully saturated rings. The number of aliphatic imine (C=N–C) groups is 3. The van der Waals surface area contributed by atoms with E-state index in [-0.39, 0.29) is 45.9 Å². The summed E-state index contributed by atoms with van der Waals surface area (Å²) in [5.41, 5.74) is -3.48. The molecule has 2 aromatic heterocycles. The monoisotopic (exact) mass is 1110 g/mol. The molecule has 0 bridgehead atoms. The van der Waals surface area contributed by atoms with Gasteiger partial charge in [-0.15, -0.1) is 0 Å². The van der Waals surface area contributed by atoms with Crippen LogP contribution in [0.15, 0.2) is 56.4 Å². The SMILES string of the molecule is C=CC(=O)OCC(C)OC(=O)NCCCCCCn1c(=O)n(CCCCCCC)c(=O)n(CCCCCCN=C=O)c1=O.N#COCCCCCCn1c(=O)n(CCCCCCN=C=O)c(=O)n(CCCCCCN=C=O)c1=O. The van der Waals surface area contributed by atoms with E-state index in [1.54, 1.807) is 13.2 Å². The van der Waals surface area contributed by atoms with E-state index >= 15 is 0 Å². The summed E-state index contributed by atoms with van der Waals surface area (Å²) in [6.07, 6.45) is 25.0. The molecular formula is C54H85N11O14. The van der Waals surface area contributed by atoms with Crippen LogP contribution in [0.1, 0.15) is 174 Å². The summed E-state index contributed by atoms with van der Waals surface area (Å²) in [5.74, 6) is -0.590. The number of isocyanates is 3. The number of hydrogen-bond donors (Lipinski definition) is 1. The highest BCUT2D eigenvalue weighted by Gasteiger charge is 2.17. The van der Waals surface area contributed by atoms with Gasteiger partial charge in [0.1, 0.15) is 19.3 Å². The molecule has 2 rings (SSSR count). The normalized spacial score (nSPS) is 10.9. The highest BCUT2D eigenvalue weighted by molar-refractivity contribution is 5.81. The second-order valence-electron chi connectivity index (χ2n) is 18.9. The lowest BCUT2D eigenvalue weighted by atomic mass is 10.1. The Hall–Kier alpha value is -7.27.